The Kier molecular flexibility index (Phi) is 3.51. The Balaban J connectivity index is 2.00. The maximum Gasteiger partial charge on any atom is 0.299 e. The zero-order valence-corrected chi connectivity index (χ0v) is 12.9. The van der Waals surface area contributed by atoms with Crippen molar-refractivity contribution in [2.24, 2.45) is 0 Å². The third-order valence-corrected chi connectivity index (χ3v) is 3.90. The molecule has 0 fully saturated rings. The van der Waals surface area contributed by atoms with Crippen LogP contribution in [0.15, 0.2) is 46.9 Å². The zero-order valence-electron chi connectivity index (χ0n) is 11.3. The fourth-order valence-corrected chi connectivity index (χ4v) is 2.82. The van der Waals surface area contributed by atoms with E-state index in [1.807, 2.05) is 24.3 Å². The normalized spacial score (nSPS) is 13.5. The predicted octanol–water partition coefficient (Wildman–Crippen LogP) is 3.19. The molecule has 2 aromatic carbocycles. The number of anilines is 1. The first-order chi connectivity index (χ1) is 10.1. The number of hydrogen-bond donors (Lipinski definition) is 0. The molecule has 1 heterocycles. The smallest absolute Gasteiger partial charge is 0.299 e. The minimum Gasteiger partial charge on any atom is -0.497 e. The van der Waals surface area contributed by atoms with Crippen LogP contribution in [0.1, 0.15) is 15.9 Å². The molecule has 1 amide bonds. The molecule has 0 saturated carbocycles. The van der Waals surface area contributed by atoms with E-state index in [1.54, 1.807) is 25.3 Å². The maximum atomic E-state index is 12.2. The number of carbonyl (C=O) groups is 2. The standard InChI is InChI=1S/C16H12BrNO3/c1-21-12-5-6-13-14(8-12)18(16(20)15(13)19)9-10-3-2-4-11(17)7-10/h2-8H,9H2,1H3. The third kappa shape index (κ3) is 2.45. The van der Waals surface area contributed by atoms with Gasteiger partial charge in [0.15, 0.2) is 0 Å². The van der Waals surface area contributed by atoms with Crippen LogP contribution in [0.5, 0.6) is 5.75 Å². The average Bonchev–Trinajstić information content (AvgIpc) is 2.72. The Morgan fingerprint density at radius 1 is 1.14 bits per heavy atom. The molecule has 2 aromatic rings. The van der Waals surface area contributed by atoms with E-state index >= 15 is 0 Å². The lowest BCUT2D eigenvalue weighted by Gasteiger charge is -2.17. The van der Waals surface area contributed by atoms with E-state index in [0.717, 1.165) is 10.0 Å². The topological polar surface area (TPSA) is 46.6 Å². The van der Waals surface area contributed by atoms with Crippen molar-refractivity contribution in [3.05, 3.63) is 58.1 Å². The predicted molar refractivity (Wildman–Crippen MR) is 82.7 cm³/mol. The van der Waals surface area contributed by atoms with Crippen molar-refractivity contribution in [3.8, 4) is 5.75 Å². The van der Waals surface area contributed by atoms with E-state index in [0.29, 0.717) is 23.5 Å². The van der Waals surface area contributed by atoms with Crippen LogP contribution < -0.4 is 9.64 Å². The molecule has 0 aliphatic carbocycles. The van der Waals surface area contributed by atoms with Gasteiger partial charge in [0, 0.05) is 10.5 Å². The molecule has 5 heteroatoms. The van der Waals surface area contributed by atoms with E-state index < -0.39 is 11.7 Å². The summed E-state index contributed by atoms with van der Waals surface area (Å²) in [4.78, 5) is 25.7. The number of nitrogens with zero attached hydrogens (tertiary/aromatic N) is 1. The maximum absolute atomic E-state index is 12.2. The van der Waals surface area contributed by atoms with Crippen LogP contribution in [-0.4, -0.2) is 18.8 Å². The molecule has 4 nitrogen and oxygen atoms in total. The first-order valence-corrected chi connectivity index (χ1v) is 7.18. The summed E-state index contributed by atoms with van der Waals surface area (Å²) in [5.74, 6) is -0.351. The molecular weight excluding hydrogens is 334 g/mol. The number of amides is 1. The Morgan fingerprint density at radius 3 is 2.67 bits per heavy atom. The van der Waals surface area contributed by atoms with Crippen LogP contribution in [0, 0.1) is 0 Å². The van der Waals surface area contributed by atoms with Gasteiger partial charge in [-0.25, -0.2) is 0 Å². The van der Waals surface area contributed by atoms with Crippen molar-refractivity contribution in [1.82, 2.24) is 0 Å². The Bertz CT molecular complexity index is 742. The summed E-state index contributed by atoms with van der Waals surface area (Å²) >= 11 is 3.40. The van der Waals surface area contributed by atoms with E-state index in [9.17, 15) is 9.59 Å². The second kappa shape index (κ2) is 5.33. The number of Topliss-reactive ketones (excluding diaryl/α,β-unsaturated/α-hetero) is 1. The lowest BCUT2D eigenvalue weighted by atomic mass is 10.1. The number of hydrogen-bond acceptors (Lipinski definition) is 3. The summed E-state index contributed by atoms with van der Waals surface area (Å²) in [6.45, 7) is 0.351. The van der Waals surface area contributed by atoms with Crippen LogP contribution in [-0.2, 0) is 11.3 Å². The summed E-state index contributed by atoms with van der Waals surface area (Å²) < 4.78 is 6.10. The quantitative estimate of drug-likeness (QED) is 0.802. The van der Waals surface area contributed by atoms with Crippen molar-refractivity contribution in [1.29, 1.82) is 0 Å². The molecule has 1 aliphatic rings. The highest BCUT2D eigenvalue weighted by Gasteiger charge is 2.35. The molecule has 0 spiro atoms. The van der Waals surface area contributed by atoms with Gasteiger partial charge >= 0.3 is 0 Å². The van der Waals surface area contributed by atoms with Gasteiger partial charge in [0.2, 0.25) is 0 Å². The van der Waals surface area contributed by atoms with Gasteiger partial charge in [0.25, 0.3) is 11.7 Å². The Hall–Kier alpha value is -2.14. The number of benzene rings is 2. The van der Waals surface area contributed by atoms with Crippen molar-refractivity contribution in [2.45, 2.75) is 6.54 Å². The van der Waals surface area contributed by atoms with Crippen LogP contribution >= 0.6 is 15.9 Å². The molecule has 0 saturated heterocycles. The Morgan fingerprint density at radius 2 is 1.95 bits per heavy atom. The van der Waals surface area contributed by atoms with Gasteiger partial charge in [-0.05, 0) is 29.8 Å². The van der Waals surface area contributed by atoms with Crippen LogP contribution in [0.4, 0.5) is 5.69 Å². The summed E-state index contributed by atoms with van der Waals surface area (Å²) in [5, 5.41) is 0. The molecule has 0 aromatic heterocycles. The lowest BCUT2D eigenvalue weighted by molar-refractivity contribution is -0.114. The first-order valence-electron chi connectivity index (χ1n) is 6.39. The number of carbonyl (C=O) groups excluding carboxylic acids is 2. The molecule has 0 bridgehead atoms. The van der Waals surface area contributed by atoms with Gasteiger partial charge in [-0.3, -0.25) is 9.59 Å². The molecule has 0 atom stereocenters. The number of halogens is 1. The monoisotopic (exact) mass is 345 g/mol. The molecule has 0 unspecified atom stereocenters. The molecular formula is C16H12BrNO3. The molecule has 21 heavy (non-hydrogen) atoms. The summed E-state index contributed by atoms with van der Waals surface area (Å²) in [6, 6.07) is 12.7. The fraction of sp³-hybridized carbons (Fsp3) is 0.125. The fourth-order valence-electron chi connectivity index (χ4n) is 2.38. The van der Waals surface area contributed by atoms with Gasteiger partial charge in [-0.2, -0.15) is 0 Å². The minimum atomic E-state index is -0.502. The number of rotatable bonds is 3. The molecule has 0 N–H and O–H groups in total. The third-order valence-electron chi connectivity index (χ3n) is 3.41. The van der Waals surface area contributed by atoms with Crippen molar-refractivity contribution < 1.29 is 14.3 Å². The van der Waals surface area contributed by atoms with E-state index in [4.69, 9.17) is 4.74 Å². The zero-order chi connectivity index (χ0) is 15.0. The summed E-state index contributed by atoms with van der Waals surface area (Å²) in [6.07, 6.45) is 0. The summed E-state index contributed by atoms with van der Waals surface area (Å²) in [7, 11) is 1.55. The van der Waals surface area contributed by atoms with Gasteiger partial charge in [0.05, 0.1) is 24.9 Å². The van der Waals surface area contributed by atoms with Gasteiger partial charge < -0.3 is 9.64 Å². The van der Waals surface area contributed by atoms with Crippen LogP contribution in [0.2, 0.25) is 0 Å². The van der Waals surface area contributed by atoms with Crippen molar-refractivity contribution >= 4 is 33.3 Å². The largest absolute Gasteiger partial charge is 0.497 e. The van der Waals surface area contributed by atoms with Gasteiger partial charge in [0.1, 0.15) is 5.75 Å². The minimum absolute atomic E-state index is 0.351. The molecule has 0 radical (unpaired) electrons. The highest BCUT2D eigenvalue weighted by atomic mass is 79.9. The average molecular weight is 346 g/mol. The first kappa shape index (κ1) is 13.8. The van der Waals surface area contributed by atoms with Gasteiger partial charge in [-0.1, -0.05) is 28.1 Å². The lowest BCUT2D eigenvalue weighted by Crippen LogP contribution is -2.29. The van der Waals surface area contributed by atoms with E-state index in [2.05, 4.69) is 15.9 Å². The van der Waals surface area contributed by atoms with Crippen LogP contribution in [0.25, 0.3) is 0 Å². The molecule has 1 aliphatic heterocycles. The van der Waals surface area contributed by atoms with Crippen LogP contribution in [0.3, 0.4) is 0 Å². The van der Waals surface area contributed by atoms with Crippen molar-refractivity contribution in [2.75, 3.05) is 12.0 Å². The highest BCUT2D eigenvalue weighted by molar-refractivity contribution is 9.10. The number of fused-ring (bicyclic) bond motifs is 1. The molecule has 106 valence electrons. The van der Waals surface area contributed by atoms with E-state index in [1.165, 1.54) is 4.90 Å². The van der Waals surface area contributed by atoms with E-state index in [-0.39, 0.29) is 0 Å². The SMILES string of the molecule is COc1ccc2c(c1)N(Cc1cccc(Br)c1)C(=O)C2=O. The number of methoxy groups -OCH3 is 1. The second-order valence-corrected chi connectivity index (χ2v) is 5.65. The Labute approximate surface area is 130 Å². The number of ketones is 1. The highest BCUT2D eigenvalue weighted by Crippen LogP contribution is 2.33. The van der Waals surface area contributed by atoms with Crippen molar-refractivity contribution in [3.63, 3.8) is 0 Å². The summed E-state index contributed by atoms with van der Waals surface area (Å²) in [5.41, 5.74) is 1.97. The second-order valence-electron chi connectivity index (χ2n) is 4.73. The molecule has 3 rings (SSSR count). The van der Waals surface area contributed by atoms with Gasteiger partial charge in [-0.15, -0.1) is 0 Å². The number of ether oxygens (including phenoxy) is 1.